The normalized spacial score (nSPS) is 12.3. The topological polar surface area (TPSA) is 26.3 Å². The Balaban J connectivity index is 2.86. The minimum absolute atomic E-state index is 0.187. The van der Waals surface area contributed by atoms with E-state index in [1.807, 2.05) is 6.92 Å². The van der Waals surface area contributed by atoms with Gasteiger partial charge in [-0.1, -0.05) is 28.1 Å². The zero-order chi connectivity index (χ0) is 11.4. The molecular formula is C11H12BrFO2. The fourth-order valence-electron chi connectivity index (χ4n) is 1.12. The van der Waals surface area contributed by atoms with Crippen LogP contribution in [0.15, 0.2) is 22.7 Å². The first-order valence-corrected chi connectivity index (χ1v) is 5.42. The minimum Gasteiger partial charge on any atom is -0.464 e. The largest absolute Gasteiger partial charge is 0.464 e. The number of halogens is 2. The van der Waals surface area contributed by atoms with E-state index in [1.165, 1.54) is 0 Å². The first kappa shape index (κ1) is 12.2. The van der Waals surface area contributed by atoms with Gasteiger partial charge in [0, 0.05) is 4.47 Å². The fourth-order valence-corrected chi connectivity index (χ4v) is 1.51. The molecule has 82 valence electrons. The highest BCUT2D eigenvalue weighted by molar-refractivity contribution is 9.10. The quantitative estimate of drug-likeness (QED) is 0.791. The number of alkyl halides is 1. The third-order valence-corrected chi connectivity index (χ3v) is 2.84. The van der Waals surface area contributed by atoms with Gasteiger partial charge in [0.1, 0.15) is 0 Å². The van der Waals surface area contributed by atoms with E-state index in [-0.39, 0.29) is 6.61 Å². The molecule has 0 N–H and O–H groups in total. The predicted molar refractivity (Wildman–Crippen MR) is 59.4 cm³/mol. The van der Waals surface area contributed by atoms with Gasteiger partial charge in [0.25, 0.3) is 0 Å². The van der Waals surface area contributed by atoms with Gasteiger partial charge in [0.15, 0.2) is 0 Å². The van der Waals surface area contributed by atoms with Crippen molar-refractivity contribution in [3.05, 3.63) is 33.8 Å². The number of carbonyl (C=O) groups is 1. The van der Waals surface area contributed by atoms with Crippen molar-refractivity contribution in [2.75, 3.05) is 6.61 Å². The summed E-state index contributed by atoms with van der Waals surface area (Å²) in [6, 6.07) is 4.93. The van der Waals surface area contributed by atoms with Crippen LogP contribution >= 0.6 is 15.9 Å². The van der Waals surface area contributed by atoms with Gasteiger partial charge in [-0.3, -0.25) is 0 Å². The zero-order valence-electron chi connectivity index (χ0n) is 8.59. The molecule has 1 unspecified atom stereocenters. The van der Waals surface area contributed by atoms with Crippen molar-refractivity contribution < 1.29 is 13.9 Å². The van der Waals surface area contributed by atoms with E-state index in [2.05, 4.69) is 20.7 Å². The lowest BCUT2D eigenvalue weighted by atomic mass is 10.1. The summed E-state index contributed by atoms with van der Waals surface area (Å²) >= 11 is 3.28. The van der Waals surface area contributed by atoms with Crippen LogP contribution in [-0.2, 0) is 9.53 Å². The summed E-state index contributed by atoms with van der Waals surface area (Å²) < 4.78 is 18.9. The van der Waals surface area contributed by atoms with E-state index in [1.54, 1.807) is 25.1 Å². The number of aryl methyl sites for hydroxylation is 1. The molecule has 0 bridgehead atoms. The Kier molecular flexibility index (Phi) is 4.27. The average Bonchev–Trinajstić information content (AvgIpc) is 2.21. The second-order valence-electron chi connectivity index (χ2n) is 3.12. The summed E-state index contributed by atoms with van der Waals surface area (Å²) in [4.78, 5) is 11.1. The summed E-state index contributed by atoms with van der Waals surface area (Å²) in [7, 11) is 0. The molecule has 0 aliphatic heterocycles. The third kappa shape index (κ3) is 3.02. The molecule has 0 heterocycles. The van der Waals surface area contributed by atoms with Crippen LogP contribution in [0.2, 0.25) is 0 Å². The van der Waals surface area contributed by atoms with Crippen LogP contribution in [-0.4, -0.2) is 12.6 Å². The standard InChI is InChI=1S/C11H12BrFO2/c1-3-15-11(14)10(13)8-5-4-7(2)9(12)6-8/h4-6,10H,3H2,1-2H3. The molecule has 1 aromatic rings. The zero-order valence-corrected chi connectivity index (χ0v) is 10.2. The maximum absolute atomic E-state index is 13.5. The molecule has 0 radical (unpaired) electrons. The minimum atomic E-state index is -1.71. The molecular weight excluding hydrogens is 263 g/mol. The first-order valence-electron chi connectivity index (χ1n) is 4.63. The van der Waals surface area contributed by atoms with E-state index >= 15 is 0 Å². The van der Waals surface area contributed by atoms with E-state index < -0.39 is 12.1 Å². The summed E-state index contributed by atoms with van der Waals surface area (Å²) in [5.41, 5.74) is 1.31. The molecule has 0 aliphatic carbocycles. The van der Waals surface area contributed by atoms with Crippen molar-refractivity contribution in [1.82, 2.24) is 0 Å². The Morgan fingerprint density at radius 1 is 1.60 bits per heavy atom. The number of hydrogen-bond acceptors (Lipinski definition) is 2. The van der Waals surface area contributed by atoms with Gasteiger partial charge in [-0.25, -0.2) is 9.18 Å². The molecule has 15 heavy (non-hydrogen) atoms. The number of carbonyl (C=O) groups excluding carboxylic acids is 1. The lowest BCUT2D eigenvalue weighted by Crippen LogP contribution is -2.11. The smallest absolute Gasteiger partial charge is 0.345 e. The number of hydrogen-bond donors (Lipinski definition) is 0. The highest BCUT2D eigenvalue weighted by Gasteiger charge is 2.21. The molecule has 0 fully saturated rings. The monoisotopic (exact) mass is 274 g/mol. The predicted octanol–water partition coefficient (Wildman–Crippen LogP) is 3.33. The van der Waals surface area contributed by atoms with Crippen molar-refractivity contribution in [3.8, 4) is 0 Å². The van der Waals surface area contributed by atoms with Gasteiger partial charge in [0.05, 0.1) is 6.61 Å². The second kappa shape index (κ2) is 5.26. The Morgan fingerprint density at radius 3 is 2.80 bits per heavy atom. The van der Waals surface area contributed by atoms with Crippen LogP contribution in [0.25, 0.3) is 0 Å². The molecule has 0 saturated heterocycles. The Bertz CT molecular complexity index is 366. The molecule has 1 aromatic carbocycles. The molecule has 4 heteroatoms. The summed E-state index contributed by atoms with van der Waals surface area (Å²) in [5.74, 6) is -0.840. The SMILES string of the molecule is CCOC(=O)C(F)c1ccc(C)c(Br)c1. The highest BCUT2D eigenvalue weighted by Crippen LogP contribution is 2.24. The van der Waals surface area contributed by atoms with Gasteiger partial charge >= 0.3 is 5.97 Å². The van der Waals surface area contributed by atoms with E-state index in [4.69, 9.17) is 0 Å². The molecule has 0 aromatic heterocycles. The van der Waals surface area contributed by atoms with Crippen LogP contribution < -0.4 is 0 Å². The highest BCUT2D eigenvalue weighted by atomic mass is 79.9. The molecule has 0 spiro atoms. The maximum Gasteiger partial charge on any atom is 0.345 e. The molecule has 0 amide bonds. The van der Waals surface area contributed by atoms with E-state index in [0.29, 0.717) is 5.56 Å². The van der Waals surface area contributed by atoms with Crippen molar-refractivity contribution in [1.29, 1.82) is 0 Å². The second-order valence-corrected chi connectivity index (χ2v) is 3.98. The lowest BCUT2D eigenvalue weighted by molar-refractivity contribution is -0.149. The number of benzene rings is 1. The van der Waals surface area contributed by atoms with Crippen LogP contribution in [0.4, 0.5) is 4.39 Å². The van der Waals surface area contributed by atoms with Gasteiger partial charge in [0.2, 0.25) is 6.17 Å². The van der Waals surface area contributed by atoms with Crippen molar-refractivity contribution >= 4 is 21.9 Å². The van der Waals surface area contributed by atoms with Crippen molar-refractivity contribution in [2.24, 2.45) is 0 Å². The molecule has 1 rings (SSSR count). The Hall–Kier alpha value is -0.900. The maximum atomic E-state index is 13.5. The molecule has 0 saturated carbocycles. The van der Waals surface area contributed by atoms with Gasteiger partial charge < -0.3 is 4.74 Å². The lowest BCUT2D eigenvalue weighted by Gasteiger charge is -2.08. The number of ether oxygens (including phenoxy) is 1. The Labute approximate surface area is 96.6 Å². The molecule has 0 aliphatic rings. The first-order chi connectivity index (χ1) is 7.06. The number of rotatable bonds is 3. The fraction of sp³-hybridized carbons (Fsp3) is 0.364. The van der Waals surface area contributed by atoms with Crippen LogP contribution in [0.3, 0.4) is 0 Å². The molecule has 2 nitrogen and oxygen atoms in total. The summed E-state index contributed by atoms with van der Waals surface area (Å²) in [5, 5.41) is 0. The van der Waals surface area contributed by atoms with Crippen LogP contribution in [0.5, 0.6) is 0 Å². The average molecular weight is 275 g/mol. The van der Waals surface area contributed by atoms with Gasteiger partial charge in [-0.05, 0) is 31.0 Å². The summed E-state index contributed by atoms with van der Waals surface area (Å²) in [6.45, 7) is 3.73. The van der Waals surface area contributed by atoms with Gasteiger partial charge in [-0.15, -0.1) is 0 Å². The third-order valence-electron chi connectivity index (χ3n) is 1.98. The van der Waals surface area contributed by atoms with Crippen molar-refractivity contribution in [3.63, 3.8) is 0 Å². The Morgan fingerprint density at radius 2 is 2.27 bits per heavy atom. The number of esters is 1. The molecule has 1 atom stereocenters. The van der Waals surface area contributed by atoms with E-state index in [9.17, 15) is 9.18 Å². The summed E-state index contributed by atoms with van der Waals surface area (Å²) in [6.07, 6.45) is -1.71. The van der Waals surface area contributed by atoms with Crippen LogP contribution in [0, 0.1) is 6.92 Å². The van der Waals surface area contributed by atoms with Crippen molar-refractivity contribution in [2.45, 2.75) is 20.0 Å². The van der Waals surface area contributed by atoms with Crippen LogP contribution in [0.1, 0.15) is 24.2 Å². The van der Waals surface area contributed by atoms with Gasteiger partial charge in [-0.2, -0.15) is 0 Å². The van der Waals surface area contributed by atoms with E-state index in [0.717, 1.165) is 10.0 Å².